The van der Waals surface area contributed by atoms with Crippen LogP contribution in [0.25, 0.3) is 55.8 Å². The maximum atomic E-state index is 6.35. The molecule has 45 heavy (non-hydrogen) atoms. The molecule has 0 saturated carbocycles. The summed E-state index contributed by atoms with van der Waals surface area (Å²) >= 11 is 0. The van der Waals surface area contributed by atoms with Gasteiger partial charge < -0.3 is 14.4 Å². The fourth-order valence-corrected chi connectivity index (χ4v) is 5.71. The van der Waals surface area contributed by atoms with Crippen LogP contribution in [0.3, 0.4) is 0 Å². The Labute approximate surface area is 279 Å². The minimum Gasteiger partial charge on any atom is -0.486 e. The molecule has 0 amide bonds. The third-order valence-electron chi connectivity index (χ3n) is 7.85. The fourth-order valence-electron chi connectivity index (χ4n) is 5.71. The van der Waals surface area contributed by atoms with Crippen LogP contribution in [0.4, 0.5) is 0 Å². The van der Waals surface area contributed by atoms with E-state index in [0.29, 0.717) is 5.71 Å². The van der Waals surface area contributed by atoms with Crippen molar-refractivity contribution in [3.8, 4) is 33.8 Å². The molecular weight excluding hydrogens is 731 g/mol. The van der Waals surface area contributed by atoms with Crippen molar-refractivity contribution in [3.05, 3.63) is 138 Å². The van der Waals surface area contributed by atoms with E-state index in [2.05, 4.69) is 95.1 Å². The van der Waals surface area contributed by atoms with Gasteiger partial charge in [0.05, 0.1) is 11.3 Å². The van der Waals surface area contributed by atoms with Crippen LogP contribution in [-0.2, 0) is 25.5 Å². The van der Waals surface area contributed by atoms with E-state index >= 15 is 0 Å². The average Bonchev–Trinajstić information content (AvgIpc) is 3.40. The second kappa shape index (κ2) is 13.3. The van der Waals surface area contributed by atoms with Crippen LogP contribution in [0, 0.1) is 32.9 Å². The number of furan rings is 1. The molecule has 0 saturated heterocycles. The minimum atomic E-state index is 0. The van der Waals surface area contributed by atoms with Crippen LogP contribution in [0.2, 0.25) is 0 Å². The Bertz CT molecular complexity index is 2020. The average molecular weight is 766 g/mol. The quantitative estimate of drug-likeness (QED) is 0.168. The molecule has 4 heterocycles. The molecule has 0 fully saturated rings. The van der Waals surface area contributed by atoms with Crippen LogP contribution in [-0.4, -0.2) is 15.0 Å². The maximum Gasteiger partial charge on any atom is 0.216 e. The first-order chi connectivity index (χ1) is 21.2. The molecule has 1 radical (unpaired) electrons. The predicted octanol–water partition coefficient (Wildman–Crippen LogP) is 10.3. The Hall–Kier alpha value is -4.44. The molecule has 0 aliphatic rings. The zero-order valence-corrected chi connectivity index (χ0v) is 28.8. The van der Waals surface area contributed by atoms with Crippen LogP contribution in [0.5, 0.6) is 0 Å². The zero-order valence-electron chi connectivity index (χ0n) is 26.4. The molecule has 0 N–H and O–H groups in total. The summed E-state index contributed by atoms with van der Waals surface area (Å²) in [6.07, 6.45) is 3.73. The number of hydrogen-bond acceptors (Lipinski definition) is 4. The Kier molecular flexibility index (Phi) is 9.43. The summed E-state index contributed by atoms with van der Waals surface area (Å²) in [7, 11) is 0. The van der Waals surface area contributed by atoms with Gasteiger partial charge in [0, 0.05) is 43.4 Å². The van der Waals surface area contributed by atoms with Gasteiger partial charge in [-0.05, 0) is 78.0 Å². The van der Waals surface area contributed by atoms with Crippen molar-refractivity contribution in [1.29, 1.82) is 0 Å². The Morgan fingerprint density at radius 3 is 2.13 bits per heavy atom. The first-order valence-corrected chi connectivity index (χ1v) is 14.9. The molecule has 0 aliphatic heterocycles. The summed E-state index contributed by atoms with van der Waals surface area (Å²) in [5.41, 5.74) is 12.2. The maximum absolute atomic E-state index is 6.35. The number of fused-ring (bicyclic) bond motifs is 3. The summed E-state index contributed by atoms with van der Waals surface area (Å²) in [6.45, 7) is 13.0. The first kappa shape index (κ1) is 32.0. The molecular formula is C40H35IrN3O-2. The number of rotatable bonds is 3. The van der Waals surface area contributed by atoms with Gasteiger partial charge in [-0.3, -0.25) is 0 Å². The van der Waals surface area contributed by atoms with Gasteiger partial charge in [0.15, 0.2) is 0 Å². The van der Waals surface area contributed by atoms with Gasteiger partial charge in [-0.2, -0.15) is 0 Å². The second-order valence-corrected chi connectivity index (χ2v) is 12.1. The van der Waals surface area contributed by atoms with Crippen molar-refractivity contribution in [1.82, 2.24) is 15.0 Å². The molecule has 4 nitrogen and oxygen atoms in total. The molecule has 7 rings (SSSR count). The van der Waals surface area contributed by atoms with E-state index < -0.39 is 0 Å². The Morgan fingerprint density at radius 2 is 1.44 bits per heavy atom. The van der Waals surface area contributed by atoms with Crippen molar-refractivity contribution in [2.45, 2.75) is 47.0 Å². The number of aryl methyl sites for hydroxylation is 3. The molecule has 3 aromatic carbocycles. The molecule has 7 aromatic rings. The van der Waals surface area contributed by atoms with Gasteiger partial charge in [-0.1, -0.05) is 68.1 Å². The SMILES string of the molecule is Cc1cnc(-c2[c-]ccc3c2oc2nc(-c4c(C)cccc4C)ccc23)cc1C(C)(C)C.[Ir].[c-]1ccccc1-c1ccccn1. The van der Waals surface area contributed by atoms with Gasteiger partial charge in [0.2, 0.25) is 5.71 Å². The number of hydrogen-bond donors (Lipinski definition) is 0. The van der Waals surface area contributed by atoms with Crippen LogP contribution in [0.15, 0.2) is 108 Å². The summed E-state index contributed by atoms with van der Waals surface area (Å²) in [6, 6.07) is 36.9. The summed E-state index contributed by atoms with van der Waals surface area (Å²) < 4.78 is 6.35. The van der Waals surface area contributed by atoms with Gasteiger partial charge in [0.1, 0.15) is 0 Å². The van der Waals surface area contributed by atoms with E-state index in [9.17, 15) is 0 Å². The number of benzene rings is 3. The van der Waals surface area contributed by atoms with Gasteiger partial charge in [-0.25, -0.2) is 4.98 Å². The molecule has 0 spiro atoms. The standard InChI is InChI=1S/C29H27N2O.C11H8N.Ir/c1-17-9-7-10-18(2)26(17)24-14-13-21-20-11-8-12-22(27(20)32-28(21)31-24)25-15-23(29(4,5)6)19(3)16-30-25;1-2-6-10(7-3-1)11-8-4-5-9-12-11;/h7-11,13-16H,1-6H3;1-6,8-9H;/q2*-1;. The molecule has 227 valence electrons. The molecule has 5 heteroatoms. The normalized spacial score (nSPS) is 11.2. The smallest absolute Gasteiger partial charge is 0.216 e. The molecule has 4 aromatic heterocycles. The molecule has 0 bridgehead atoms. The third-order valence-corrected chi connectivity index (χ3v) is 7.85. The minimum absolute atomic E-state index is 0. The van der Waals surface area contributed by atoms with Gasteiger partial charge in [-0.15, -0.1) is 54.1 Å². The molecule has 0 atom stereocenters. The second-order valence-electron chi connectivity index (χ2n) is 12.1. The number of pyridine rings is 3. The monoisotopic (exact) mass is 766 g/mol. The van der Waals surface area contributed by atoms with E-state index in [4.69, 9.17) is 14.4 Å². The largest absolute Gasteiger partial charge is 0.486 e. The van der Waals surface area contributed by atoms with Crippen LogP contribution < -0.4 is 0 Å². The van der Waals surface area contributed by atoms with Gasteiger partial charge in [0.25, 0.3) is 0 Å². The van der Waals surface area contributed by atoms with E-state index in [1.165, 1.54) is 22.3 Å². The first-order valence-electron chi connectivity index (χ1n) is 14.9. The number of aromatic nitrogens is 3. The van der Waals surface area contributed by atoms with E-state index in [1.807, 2.05) is 60.8 Å². The Balaban J connectivity index is 0.000000258. The van der Waals surface area contributed by atoms with E-state index in [-0.39, 0.29) is 25.5 Å². The predicted molar refractivity (Wildman–Crippen MR) is 180 cm³/mol. The fraction of sp³-hybridized carbons (Fsp3) is 0.175. The van der Waals surface area contributed by atoms with Crippen LogP contribution in [0.1, 0.15) is 43.0 Å². The van der Waals surface area contributed by atoms with Gasteiger partial charge >= 0.3 is 0 Å². The number of nitrogens with zero attached hydrogens (tertiary/aromatic N) is 3. The van der Waals surface area contributed by atoms with Crippen molar-refractivity contribution in [3.63, 3.8) is 0 Å². The zero-order chi connectivity index (χ0) is 30.8. The van der Waals surface area contributed by atoms with Crippen LogP contribution >= 0.6 is 0 Å². The summed E-state index contributed by atoms with van der Waals surface area (Å²) in [5, 5.41) is 2.04. The van der Waals surface area contributed by atoms with Crippen molar-refractivity contribution in [2.24, 2.45) is 0 Å². The summed E-state index contributed by atoms with van der Waals surface area (Å²) in [4.78, 5) is 13.8. The topological polar surface area (TPSA) is 51.8 Å². The van der Waals surface area contributed by atoms with E-state index in [0.717, 1.165) is 50.1 Å². The molecule has 0 unspecified atom stereocenters. The Morgan fingerprint density at radius 1 is 0.667 bits per heavy atom. The van der Waals surface area contributed by atoms with Crippen molar-refractivity contribution in [2.75, 3.05) is 0 Å². The van der Waals surface area contributed by atoms with Crippen molar-refractivity contribution >= 4 is 22.1 Å². The van der Waals surface area contributed by atoms with Crippen molar-refractivity contribution < 1.29 is 24.5 Å². The van der Waals surface area contributed by atoms with E-state index in [1.54, 1.807) is 6.20 Å². The third kappa shape index (κ3) is 6.66. The molecule has 0 aliphatic carbocycles. The summed E-state index contributed by atoms with van der Waals surface area (Å²) in [5.74, 6) is 0.